The minimum Gasteiger partial charge on any atom is -0.338 e. The number of hydrogen-bond acceptors (Lipinski definition) is 6. The predicted molar refractivity (Wildman–Crippen MR) is 256 cm³/mol. The van der Waals surface area contributed by atoms with Gasteiger partial charge in [-0.1, -0.05) is 176 Å². The van der Waals surface area contributed by atoms with Gasteiger partial charge in [0.05, 0.1) is 11.0 Å². The highest BCUT2D eigenvalue weighted by Gasteiger charge is 2.14. The molecule has 0 unspecified atom stereocenters. The number of Topliss-reactive ketones (excluding diaryl/α,β-unsaturated/α-hetero) is 3. The molecule has 8 nitrogen and oxygen atoms in total. The lowest BCUT2D eigenvalue weighted by molar-refractivity contribution is 0.0984. The zero-order valence-corrected chi connectivity index (χ0v) is 35.3. The van der Waals surface area contributed by atoms with E-state index in [0.29, 0.717) is 58.5 Å². The maximum absolute atomic E-state index is 12.8. The van der Waals surface area contributed by atoms with Crippen LogP contribution in [0.3, 0.4) is 0 Å². The van der Waals surface area contributed by atoms with E-state index >= 15 is 0 Å². The van der Waals surface area contributed by atoms with Gasteiger partial charge in [0.1, 0.15) is 5.82 Å². The van der Waals surface area contributed by atoms with Gasteiger partial charge in [-0.25, -0.2) is 4.98 Å². The number of anilines is 1. The third-order valence-corrected chi connectivity index (χ3v) is 10.8. The Morgan fingerprint density at radius 3 is 1.26 bits per heavy atom. The van der Waals surface area contributed by atoms with Crippen molar-refractivity contribution in [1.29, 1.82) is 0 Å². The number of nitrogens with one attached hydrogen (secondary N) is 2. The number of benzene rings is 8. The van der Waals surface area contributed by atoms with E-state index in [1.54, 1.807) is 60.7 Å². The number of carbonyl (C=O) groups excluding carboxylic acids is 5. The summed E-state index contributed by atoms with van der Waals surface area (Å²) in [4.78, 5) is 70.5. The molecule has 0 aliphatic rings. The summed E-state index contributed by atoms with van der Waals surface area (Å²) in [5, 5.41) is 2.88. The Morgan fingerprint density at radius 1 is 0.400 bits per heavy atom. The van der Waals surface area contributed by atoms with Crippen molar-refractivity contribution in [3.05, 3.63) is 262 Å². The van der Waals surface area contributed by atoms with Gasteiger partial charge in [0, 0.05) is 63.9 Å². The molecule has 0 radical (unpaired) electrons. The molecule has 0 bridgehead atoms. The molecule has 0 aliphatic carbocycles. The first-order valence-corrected chi connectivity index (χ1v) is 21.2. The highest BCUT2D eigenvalue weighted by molar-refractivity contribution is 6.09. The van der Waals surface area contributed by atoms with Crippen LogP contribution < -0.4 is 5.32 Å². The van der Waals surface area contributed by atoms with Gasteiger partial charge in [-0.3, -0.25) is 24.0 Å². The van der Waals surface area contributed by atoms with Crippen molar-refractivity contribution in [3.8, 4) is 11.4 Å². The van der Waals surface area contributed by atoms with E-state index in [4.69, 9.17) is 0 Å². The summed E-state index contributed by atoms with van der Waals surface area (Å²) in [6, 6.07) is 64.4. The molecular weight excluding hydrogens is 807 g/mol. The van der Waals surface area contributed by atoms with Crippen LogP contribution in [0.4, 0.5) is 5.69 Å². The second kappa shape index (κ2) is 20.5. The van der Waals surface area contributed by atoms with Gasteiger partial charge >= 0.3 is 0 Å². The normalized spacial score (nSPS) is 10.6. The summed E-state index contributed by atoms with van der Waals surface area (Å²) in [7, 11) is 0. The molecule has 8 heteroatoms. The molecule has 8 aromatic carbocycles. The number of nitrogens with zero attached hydrogens (tertiary/aromatic N) is 1. The van der Waals surface area contributed by atoms with Crippen LogP contribution >= 0.6 is 0 Å². The maximum Gasteiger partial charge on any atom is 0.255 e. The van der Waals surface area contributed by atoms with Crippen LogP contribution in [0.2, 0.25) is 0 Å². The van der Waals surface area contributed by atoms with Crippen molar-refractivity contribution in [1.82, 2.24) is 9.97 Å². The number of rotatable bonds is 14. The lowest BCUT2D eigenvalue weighted by Gasteiger charge is -2.06. The van der Waals surface area contributed by atoms with Gasteiger partial charge in [0.2, 0.25) is 0 Å². The number of imidazole rings is 1. The number of aromatic amines is 1. The van der Waals surface area contributed by atoms with E-state index < -0.39 is 0 Å². The van der Waals surface area contributed by atoms with Gasteiger partial charge in [0.25, 0.3) is 5.91 Å². The van der Waals surface area contributed by atoms with Crippen molar-refractivity contribution in [2.24, 2.45) is 0 Å². The first kappa shape index (κ1) is 43.0. The van der Waals surface area contributed by atoms with E-state index in [1.165, 1.54) is 0 Å². The lowest BCUT2D eigenvalue weighted by Crippen LogP contribution is -2.11. The monoisotopic (exact) mass is 849 g/mol. The Labute approximate surface area is 376 Å². The molecule has 9 rings (SSSR count). The molecule has 1 aromatic heterocycles. The SMILES string of the molecule is O=C(Cc1ccc(C(=O)c2ccc(CC(=O)c3ccccc3)cc2)cc1)c1ccccc1.O=C(Cc1ccc2nc(-c3ccc(C(=O)Nc4ccccc4)cc3)[nH]c2c1)c1ccccc1. The Bertz CT molecular complexity index is 2980. The molecule has 65 heavy (non-hydrogen) atoms. The minimum atomic E-state index is -0.162. The molecule has 9 aromatic rings. The van der Waals surface area contributed by atoms with Gasteiger partial charge in [-0.2, -0.15) is 0 Å². The molecule has 0 saturated carbocycles. The quantitative estimate of drug-likeness (QED) is 0.105. The molecule has 1 heterocycles. The molecule has 1 amide bonds. The highest BCUT2D eigenvalue weighted by atomic mass is 16.2. The van der Waals surface area contributed by atoms with Gasteiger partial charge in [-0.15, -0.1) is 0 Å². The van der Waals surface area contributed by atoms with Gasteiger partial charge in [-0.05, 0) is 53.1 Å². The maximum atomic E-state index is 12.8. The molecule has 0 saturated heterocycles. The number of aromatic nitrogens is 2. The number of ketones is 4. The van der Waals surface area contributed by atoms with Crippen LogP contribution in [-0.4, -0.2) is 39.0 Å². The van der Waals surface area contributed by atoms with Crippen LogP contribution in [0.5, 0.6) is 0 Å². The molecule has 2 N–H and O–H groups in total. The summed E-state index contributed by atoms with van der Waals surface area (Å²) in [6.45, 7) is 0. The van der Waals surface area contributed by atoms with E-state index in [-0.39, 0.29) is 29.0 Å². The first-order chi connectivity index (χ1) is 31.8. The van der Waals surface area contributed by atoms with Crippen LogP contribution in [0.15, 0.2) is 212 Å². The highest BCUT2D eigenvalue weighted by Crippen LogP contribution is 2.23. The number of amides is 1. The average molecular weight is 850 g/mol. The molecule has 316 valence electrons. The van der Waals surface area contributed by atoms with E-state index in [9.17, 15) is 24.0 Å². The summed E-state index contributed by atoms with van der Waals surface area (Å²) < 4.78 is 0. The zero-order valence-electron chi connectivity index (χ0n) is 35.3. The summed E-state index contributed by atoms with van der Waals surface area (Å²) in [6.07, 6.45) is 0.921. The number of hydrogen-bond donors (Lipinski definition) is 2. The Kier molecular flexibility index (Phi) is 13.6. The molecule has 0 spiro atoms. The standard InChI is InChI=1S/C29H22O3.C28H21N3O2/c30-27(23-7-3-1-4-8-23)19-21-11-15-25(16-12-21)29(32)26-17-13-22(14-18-26)20-28(31)24-9-5-2-6-10-24;32-26(20-7-3-1-4-8-20)18-19-11-16-24-25(17-19)31-27(30-24)21-12-14-22(15-13-21)28(33)29-23-9-5-2-6-10-23/h1-18H,19-20H2;1-17H,18H2,(H,29,33)(H,30,31). The fourth-order valence-electron chi connectivity index (χ4n) is 7.26. The minimum absolute atomic E-state index is 0.0466. The number of carbonyl (C=O) groups is 5. The van der Waals surface area contributed by atoms with Crippen molar-refractivity contribution < 1.29 is 24.0 Å². The summed E-state index contributed by atoms with van der Waals surface area (Å²) in [5.74, 6) is 0.637. The van der Waals surface area contributed by atoms with Gasteiger partial charge in [0.15, 0.2) is 23.1 Å². The van der Waals surface area contributed by atoms with E-state index in [2.05, 4.69) is 15.3 Å². The van der Waals surface area contributed by atoms with E-state index in [0.717, 1.165) is 39.0 Å². The van der Waals surface area contributed by atoms with E-state index in [1.807, 2.05) is 152 Å². The summed E-state index contributed by atoms with van der Waals surface area (Å²) in [5.41, 5.74) is 9.76. The first-order valence-electron chi connectivity index (χ1n) is 21.2. The van der Waals surface area contributed by atoms with Crippen molar-refractivity contribution in [2.75, 3.05) is 5.32 Å². The smallest absolute Gasteiger partial charge is 0.255 e. The van der Waals surface area contributed by atoms with Crippen LogP contribution in [0, 0.1) is 0 Å². The zero-order chi connectivity index (χ0) is 45.0. The summed E-state index contributed by atoms with van der Waals surface area (Å²) >= 11 is 0. The number of H-pyrrole nitrogens is 1. The van der Waals surface area contributed by atoms with Crippen LogP contribution in [-0.2, 0) is 19.3 Å². The molecule has 0 fully saturated rings. The third kappa shape index (κ3) is 11.3. The Hall–Kier alpha value is -8.62. The van der Waals surface area contributed by atoms with Crippen LogP contribution in [0.1, 0.15) is 74.0 Å². The molecule has 0 atom stereocenters. The second-order valence-electron chi connectivity index (χ2n) is 15.5. The van der Waals surface area contributed by atoms with Gasteiger partial charge < -0.3 is 10.3 Å². The molecule has 0 aliphatic heterocycles. The molecular formula is C57H43N3O5. The fraction of sp³-hybridized carbons (Fsp3) is 0.0526. The third-order valence-electron chi connectivity index (χ3n) is 10.8. The Balaban J connectivity index is 0.000000177. The van der Waals surface area contributed by atoms with Crippen LogP contribution in [0.25, 0.3) is 22.4 Å². The van der Waals surface area contributed by atoms with Crippen molar-refractivity contribution >= 4 is 45.8 Å². The number of para-hydroxylation sites is 1. The van der Waals surface area contributed by atoms with Crippen molar-refractivity contribution in [3.63, 3.8) is 0 Å². The average Bonchev–Trinajstić information content (AvgIpc) is 3.79. The predicted octanol–water partition coefficient (Wildman–Crippen LogP) is 11.7. The lowest BCUT2D eigenvalue weighted by atomic mass is 9.97. The second-order valence-corrected chi connectivity index (χ2v) is 15.5. The largest absolute Gasteiger partial charge is 0.338 e. The fourth-order valence-corrected chi connectivity index (χ4v) is 7.26. The number of fused-ring (bicyclic) bond motifs is 1. The Morgan fingerprint density at radius 2 is 0.800 bits per heavy atom. The topological polar surface area (TPSA) is 126 Å². The van der Waals surface area contributed by atoms with Crippen molar-refractivity contribution in [2.45, 2.75) is 19.3 Å².